The maximum Gasteiger partial charge on any atom is 0.237 e. The molecule has 1 atom stereocenters. The number of nitrogens with zero attached hydrogens (tertiary/aromatic N) is 2. The highest BCUT2D eigenvalue weighted by atomic mass is 35.5. The molecule has 0 radical (unpaired) electrons. The van der Waals surface area contributed by atoms with Gasteiger partial charge in [-0.2, -0.15) is 5.10 Å². The van der Waals surface area contributed by atoms with Gasteiger partial charge in [-0.05, 0) is 31.5 Å². The Kier molecular flexibility index (Phi) is 5.02. The summed E-state index contributed by atoms with van der Waals surface area (Å²) < 4.78 is 0. The van der Waals surface area contributed by atoms with Gasteiger partial charge in [-0.15, -0.1) is 5.10 Å². The fraction of sp³-hybridized carbons (Fsp3) is 0.167. The van der Waals surface area contributed by atoms with Gasteiger partial charge in [0.2, 0.25) is 5.91 Å². The minimum atomic E-state index is -0.316. The predicted molar refractivity (Wildman–Crippen MR) is 99.7 cm³/mol. The van der Waals surface area contributed by atoms with E-state index >= 15 is 0 Å². The van der Waals surface area contributed by atoms with Crippen LogP contribution in [0.4, 0.5) is 5.69 Å². The summed E-state index contributed by atoms with van der Waals surface area (Å²) in [5.74, 6) is -0.0971. The average molecular weight is 358 g/mol. The Bertz CT molecular complexity index is 895. The number of fused-ring (bicyclic) bond motifs is 1. The van der Waals surface area contributed by atoms with E-state index in [9.17, 15) is 4.79 Å². The molecule has 1 heterocycles. The van der Waals surface area contributed by atoms with Gasteiger partial charge in [-0.25, -0.2) is 0 Å². The van der Waals surface area contributed by atoms with Crippen LogP contribution < -0.4 is 5.32 Å². The maximum absolute atomic E-state index is 12.5. The number of amides is 1. The van der Waals surface area contributed by atoms with E-state index in [4.69, 9.17) is 11.6 Å². The molecular weight excluding hydrogens is 342 g/mol. The van der Waals surface area contributed by atoms with Crippen LogP contribution in [-0.2, 0) is 4.79 Å². The molecular formula is C18H16ClN3OS. The normalized spacial score (nSPS) is 12.1. The molecule has 6 heteroatoms. The average Bonchev–Trinajstić information content (AvgIpc) is 2.58. The van der Waals surface area contributed by atoms with Crippen molar-refractivity contribution in [2.24, 2.45) is 0 Å². The number of aryl methyl sites for hydroxylation is 1. The van der Waals surface area contributed by atoms with Crippen LogP contribution in [0.3, 0.4) is 0 Å². The van der Waals surface area contributed by atoms with Gasteiger partial charge in [-0.1, -0.05) is 53.7 Å². The van der Waals surface area contributed by atoms with E-state index in [0.717, 1.165) is 27.0 Å². The van der Waals surface area contributed by atoms with Crippen LogP contribution in [0.1, 0.15) is 12.5 Å². The number of halogens is 1. The van der Waals surface area contributed by atoms with Crippen molar-refractivity contribution in [1.29, 1.82) is 0 Å². The van der Waals surface area contributed by atoms with Crippen LogP contribution in [0.15, 0.2) is 53.7 Å². The zero-order valence-electron chi connectivity index (χ0n) is 13.3. The summed E-state index contributed by atoms with van der Waals surface area (Å²) in [6.07, 6.45) is 1.72. The molecule has 3 aromatic rings. The molecule has 0 spiro atoms. The molecule has 1 unspecified atom stereocenters. The van der Waals surface area contributed by atoms with Gasteiger partial charge in [0.15, 0.2) is 0 Å². The Morgan fingerprint density at radius 2 is 2.04 bits per heavy atom. The number of anilines is 1. The van der Waals surface area contributed by atoms with Crippen molar-refractivity contribution in [3.8, 4) is 0 Å². The van der Waals surface area contributed by atoms with E-state index in [1.165, 1.54) is 11.8 Å². The molecule has 0 aliphatic carbocycles. The Labute approximate surface area is 149 Å². The molecule has 0 fully saturated rings. The van der Waals surface area contributed by atoms with Gasteiger partial charge < -0.3 is 5.32 Å². The number of benzene rings is 2. The smallest absolute Gasteiger partial charge is 0.237 e. The summed E-state index contributed by atoms with van der Waals surface area (Å²) in [4.78, 5) is 12.5. The van der Waals surface area contributed by atoms with Gasteiger partial charge in [0.25, 0.3) is 0 Å². The van der Waals surface area contributed by atoms with E-state index in [-0.39, 0.29) is 11.2 Å². The molecule has 0 aliphatic rings. The van der Waals surface area contributed by atoms with Crippen molar-refractivity contribution in [3.05, 3.63) is 59.2 Å². The Balaban J connectivity index is 1.77. The zero-order chi connectivity index (χ0) is 17.1. The monoisotopic (exact) mass is 357 g/mol. The Hall–Kier alpha value is -2.11. The van der Waals surface area contributed by atoms with Crippen LogP contribution in [-0.4, -0.2) is 21.4 Å². The van der Waals surface area contributed by atoms with Crippen molar-refractivity contribution < 1.29 is 4.79 Å². The van der Waals surface area contributed by atoms with E-state index in [1.54, 1.807) is 18.3 Å². The van der Waals surface area contributed by atoms with Crippen molar-refractivity contribution in [2.75, 3.05) is 5.32 Å². The quantitative estimate of drug-likeness (QED) is 0.687. The largest absolute Gasteiger partial charge is 0.325 e. The summed E-state index contributed by atoms with van der Waals surface area (Å²) >= 11 is 7.39. The second-order valence-corrected chi connectivity index (χ2v) is 7.21. The van der Waals surface area contributed by atoms with Gasteiger partial charge in [0, 0.05) is 21.5 Å². The standard InChI is InChI=1S/C18H16ClN3OS/c1-11-7-8-14(19)9-16(11)21-17(23)12(2)24-18-15-6-4-3-5-13(15)10-20-22-18/h3-10,12H,1-2H3,(H,21,23). The first-order chi connectivity index (χ1) is 11.5. The van der Waals surface area contributed by atoms with E-state index in [1.807, 2.05) is 44.2 Å². The number of nitrogens with one attached hydrogen (secondary N) is 1. The lowest BCUT2D eigenvalue weighted by Gasteiger charge is -2.14. The van der Waals surface area contributed by atoms with Crippen molar-refractivity contribution in [1.82, 2.24) is 10.2 Å². The lowest BCUT2D eigenvalue weighted by molar-refractivity contribution is -0.115. The number of hydrogen-bond donors (Lipinski definition) is 1. The first-order valence-electron chi connectivity index (χ1n) is 7.48. The molecule has 1 N–H and O–H groups in total. The molecule has 0 aliphatic heterocycles. The molecule has 0 saturated heterocycles. The molecule has 1 aromatic heterocycles. The van der Waals surface area contributed by atoms with E-state index in [2.05, 4.69) is 15.5 Å². The summed E-state index contributed by atoms with van der Waals surface area (Å²) in [7, 11) is 0. The van der Waals surface area contributed by atoms with Crippen LogP contribution >= 0.6 is 23.4 Å². The van der Waals surface area contributed by atoms with E-state index in [0.29, 0.717) is 5.02 Å². The molecule has 4 nitrogen and oxygen atoms in total. The third-order valence-corrected chi connectivity index (χ3v) is 4.98. The summed E-state index contributed by atoms with van der Waals surface area (Å²) in [5.41, 5.74) is 1.69. The highest BCUT2D eigenvalue weighted by Gasteiger charge is 2.18. The van der Waals surface area contributed by atoms with Crippen molar-refractivity contribution >= 4 is 45.7 Å². The first-order valence-corrected chi connectivity index (χ1v) is 8.74. The molecule has 1 amide bonds. The minimum absolute atomic E-state index is 0.0971. The summed E-state index contributed by atoms with van der Waals surface area (Å²) in [6, 6.07) is 13.3. The van der Waals surface area contributed by atoms with E-state index < -0.39 is 0 Å². The molecule has 2 aromatic carbocycles. The summed E-state index contributed by atoms with van der Waals surface area (Å²) in [5, 5.41) is 14.2. The van der Waals surface area contributed by atoms with Gasteiger partial charge in [0.05, 0.1) is 11.4 Å². The lowest BCUT2D eigenvalue weighted by Crippen LogP contribution is -2.23. The lowest BCUT2D eigenvalue weighted by atomic mass is 10.2. The van der Waals surface area contributed by atoms with Crippen LogP contribution in [0.5, 0.6) is 0 Å². The third-order valence-electron chi connectivity index (χ3n) is 3.65. The molecule has 0 bridgehead atoms. The fourth-order valence-corrected chi connectivity index (χ4v) is 3.35. The molecule has 24 heavy (non-hydrogen) atoms. The fourth-order valence-electron chi connectivity index (χ4n) is 2.27. The second kappa shape index (κ2) is 7.20. The number of thioether (sulfide) groups is 1. The number of aromatic nitrogens is 2. The summed E-state index contributed by atoms with van der Waals surface area (Å²) in [6.45, 7) is 3.78. The van der Waals surface area contributed by atoms with Crippen molar-refractivity contribution in [2.45, 2.75) is 24.1 Å². The number of rotatable bonds is 4. The highest BCUT2D eigenvalue weighted by Crippen LogP contribution is 2.29. The van der Waals surface area contributed by atoms with Gasteiger partial charge in [-0.3, -0.25) is 4.79 Å². The number of carbonyl (C=O) groups is 1. The number of hydrogen-bond acceptors (Lipinski definition) is 4. The van der Waals surface area contributed by atoms with Crippen molar-refractivity contribution in [3.63, 3.8) is 0 Å². The minimum Gasteiger partial charge on any atom is -0.325 e. The highest BCUT2D eigenvalue weighted by molar-refractivity contribution is 8.00. The molecule has 3 rings (SSSR count). The predicted octanol–water partition coefficient (Wildman–Crippen LogP) is 4.71. The van der Waals surface area contributed by atoms with Crippen LogP contribution in [0, 0.1) is 6.92 Å². The molecule has 0 saturated carbocycles. The van der Waals surface area contributed by atoms with Gasteiger partial charge in [0.1, 0.15) is 5.03 Å². The third kappa shape index (κ3) is 3.68. The van der Waals surface area contributed by atoms with Crippen LogP contribution in [0.2, 0.25) is 5.02 Å². The topological polar surface area (TPSA) is 54.9 Å². The number of carbonyl (C=O) groups excluding carboxylic acids is 1. The van der Waals surface area contributed by atoms with Gasteiger partial charge >= 0.3 is 0 Å². The van der Waals surface area contributed by atoms with Crippen LogP contribution in [0.25, 0.3) is 10.8 Å². The zero-order valence-corrected chi connectivity index (χ0v) is 14.9. The Morgan fingerprint density at radius 3 is 2.88 bits per heavy atom. The maximum atomic E-state index is 12.5. The first kappa shape index (κ1) is 16.7. The second-order valence-electron chi connectivity index (χ2n) is 5.45. The SMILES string of the molecule is Cc1ccc(Cl)cc1NC(=O)C(C)Sc1nncc2ccccc12. The Morgan fingerprint density at radius 1 is 1.25 bits per heavy atom. The molecule has 122 valence electrons.